The van der Waals surface area contributed by atoms with Gasteiger partial charge in [0.15, 0.2) is 5.96 Å². The van der Waals surface area contributed by atoms with E-state index in [9.17, 15) is 4.79 Å². The Bertz CT molecular complexity index is 741. The lowest BCUT2D eigenvalue weighted by atomic mass is 10.2. The number of aryl methyl sites for hydroxylation is 1. The molecule has 1 atom stereocenters. The fourth-order valence-corrected chi connectivity index (χ4v) is 2.57. The second-order valence-corrected chi connectivity index (χ2v) is 6.75. The number of aromatic nitrogens is 1. The molecule has 27 heavy (non-hydrogen) atoms. The monoisotopic (exact) mass is 485 g/mol. The van der Waals surface area contributed by atoms with Crippen LogP contribution < -0.4 is 10.6 Å². The van der Waals surface area contributed by atoms with Crippen LogP contribution in [0.15, 0.2) is 41.5 Å². The van der Waals surface area contributed by atoms with Crippen LogP contribution in [0.25, 0.3) is 10.9 Å². The highest BCUT2D eigenvalue weighted by molar-refractivity contribution is 14.0. The Morgan fingerprint density at radius 1 is 1.26 bits per heavy atom. The van der Waals surface area contributed by atoms with Gasteiger partial charge in [0, 0.05) is 44.9 Å². The predicted octanol–water partition coefficient (Wildman–Crippen LogP) is 3.07. The van der Waals surface area contributed by atoms with Crippen LogP contribution in [0.4, 0.5) is 0 Å². The molecule has 1 unspecified atom stereocenters. The first-order valence-corrected chi connectivity index (χ1v) is 9.30. The van der Waals surface area contributed by atoms with Crippen molar-refractivity contribution in [2.24, 2.45) is 4.99 Å². The zero-order valence-electron chi connectivity index (χ0n) is 16.7. The number of carbonyl (C=O) groups excluding carboxylic acids is 1. The summed E-state index contributed by atoms with van der Waals surface area (Å²) in [5, 5.41) is 7.96. The minimum Gasteiger partial charge on any atom is -0.356 e. The third-order valence-electron chi connectivity index (χ3n) is 4.42. The van der Waals surface area contributed by atoms with E-state index in [4.69, 9.17) is 0 Å². The van der Waals surface area contributed by atoms with Gasteiger partial charge in [-0.2, -0.15) is 0 Å². The SMILES string of the molecule is CCC(C)NC(=NCC(=O)N(C)C)NCCCn1ccc2ccccc21.I. The van der Waals surface area contributed by atoms with Crippen LogP contribution in [0.1, 0.15) is 26.7 Å². The molecule has 2 N–H and O–H groups in total. The first-order valence-electron chi connectivity index (χ1n) is 9.30. The average molecular weight is 485 g/mol. The van der Waals surface area contributed by atoms with Crippen LogP contribution in [-0.4, -0.2) is 54.6 Å². The lowest BCUT2D eigenvalue weighted by Gasteiger charge is -2.17. The highest BCUT2D eigenvalue weighted by Crippen LogP contribution is 2.15. The number of likely N-dealkylation sites (N-methyl/N-ethyl adjacent to an activating group) is 1. The number of nitrogens with zero attached hydrogens (tertiary/aromatic N) is 3. The standard InChI is InChI=1S/C20H31N5O.HI/c1-5-16(2)23-20(22-15-19(26)24(3)4)21-12-8-13-25-14-11-17-9-6-7-10-18(17)25;/h6-7,9-11,14,16H,5,8,12-13,15H2,1-4H3,(H2,21,22,23);1H. The predicted molar refractivity (Wildman–Crippen MR) is 124 cm³/mol. The van der Waals surface area contributed by atoms with Crippen molar-refractivity contribution in [1.29, 1.82) is 0 Å². The number of guanidine groups is 1. The summed E-state index contributed by atoms with van der Waals surface area (Å²) < 4.78 is 2.27. The van der Waals surface area contributed by atoms with Gasteiger partial charge in [-0.1, -0.05) is 25.1 Å². The molecule has 1 aromatic carbocycles. The number of carbonyl (C=O) groups is 1. The van der Waals surface area contributed by atoms with Crippen molar-refractivity contribution in [1.82, 2.24) is 20.1 Å². The van der Waals surface area contributed by atoms with E-state index in [1.165, 1.54) is 10.9 Å². The molecule has 2 rings (SSSR count). The van der Waals surface area contributed by atoms with Gasteiger partial charge in [-0.05, 0) is 37.3 Å². The van der Waals surface area contributed by atoms with E-state index in [1.54, 1.807) is 19.0 Å². The molecule has 0 aliphatic rings. The normalized spacial score (nSPS) is 12.4. The molecule has 0 bridgehead atoms. The molecule has 2 aromatic rings. The summed E-state index contributed by atoms with van der Waals surface area (Å²) in [6.45, 7) is 6.12. The van der Waals surface area contributed by atoms with Gasteiger partial charge in [0.05, 0.1) is 0 Å². The molecule has 0 aliphatic heterocycles. The number of amides is 1. The van der Waals surface area contributed by atoms with E-state index in [1.807, 2.05) is 0 Å². The minimum absolute atomic E-state index is 0. The number of hydrogen-bond donors (Lipinski definition) is 2. The molecule has 0 saturated carbocycles. The summed E-state index contributed by atoms with van der Waals surface area (Å²) >= 11 is 0. The molecule has 0 saturated heterocycles. The van der Waals surface area contributed by atoms with Gasteiger partial charge in [0.25, 0.3) is 0 Å². The van der Waals surface area contributed by atoms with Crippen molar-refractivity contribution < 1.29 is 4.79 Å². The Morgan fingerprint density at radius 2 is 2.00 bits per heavy atom. The van der Waals surface area contributed by atoms with Crippen molar-refractivity contribution in [2.75, 3.05) is 27.2 Å². The Hall–Kier alpha value is -1.77. The molecule has 1 heterocycles. The average Bonchev–Trinajstić information content (AvgIpc) is 3.05. The largest absolute Gasteiger partial charge is 0.356 e. The maximum atomic E-state index is 11.8. The first-order chi connectivity index (χ1) is 12.5. The molecule has 7 heteroatoms. The van der Waals surface area contributed by atoms with E-state index >= 15 is 0 Å². The van der Waals surface area contributed by atoms with Crippen LogP contribution in [0.2, 0.25) is 0 Å². The number of fused-ring (bicyclic) bond motifs is 1. The molecule has 150 valence electrons. The minimum atomic E-state index is -0.00550. The third kappa shape index (κ3) is 7.40. The number of para-hydroxylation sites is 1. The van der Waals surface area contributed by atoms with E-state index < -0.39 is 0 Å². The van der Waals surface area contributed by atoms with Crippen molar-refractivity contribution in [2.45, 2.75) is 39.3 Å². The summed E-state index contributed by atoms with van der Waals surface area (Å²) in [5.74, 6) is 0.695. The summed E-state index contributed by atoms with van der Waals surface area (Å²) in [5.41, 5.74) is 1.26. The van der Waals surface area contributed by atoms with Gasteiger partial charge in [-0.3, -0.25) is 4.79 Å². The van der Waals surface area contributed by atoms with E-state index in [2.05, 4.69) is 70.6 Å². The number of rotatable bonds is 8. The van der Waals surface area contributed by atoms with Crippen LogP contribution in [0.3, 0.4) is 0 Å². The second-order valence-electron chi connectivity index (χ2n) is 6.75. The zero-order chi connectivity index (χ0) is 18.9. The molecule has 1 amide bonds. The molecule has 0 aliphatic carbocycles. The highest BCUT2D eigenvalue weighted by Gasteiger charge is 2.07. The number of aliphatic imine (C=N–C) groups is 1. The Labute approximate surface area is 179 Å². The molecule has 1 aromatic heterocycles. The summed E-state index contributed by atoms with van der Waals surface area (Å²) in [4.78, 5) is 17.7. The topological polar surface area (TPSA) is 61.7 Å². The number of halogens is 1. The van der Waals surface area contributed by atoms with Gasteiger partial charge in [-0.15, -0.1) is 24.0 Å². The van der Waals surface area contributed by atoms with E-state index in [-0.39, 0.29) is 36.4 Å². The third-order valence-corrected chi connectivity index (χ3v) is 4.42. The molecular weight excluding hydrogens is 453 g/mol. The number of hydrogen-bond acceptors (Lipinski definition) is 2. The van der Waals surface area contributed by atoms with Crippen molar-refractivity contribution >= 4 is 46.7 Å². The fourth-order valence-electron chi connectivity index (χ4n) is 2.57. The lowest BCUT2D eigenvalue weighted by Crippen LogP contribution is -2.43. The van der Waals surface area contributed by atoms with Crippen molar-refractivity contribution in [3.05, 3.63) is 36.5 Å². The molecule has 6 nitrogen and oxygen atoms in total. The molecule has 0 fully saturated rings. The number of benzene rings is 1. The highest BCUT2D eigenvalue weighted by atomic mass is 127. The van der Waals surface area contributed by atoms with E-state index in [0.717, 1.165) is 25.9 Å². The van der Waals surface area contributed by atoms with Gasteiger partial charge < -0.3 is 20.1 Å². The van der Waals surface area contributed by atoms with Gasteiger partial charge in [0.1, 0.15) is 6.54 Å². The van der Waals surface area contributed by atoms with Crippen LogP contribution >= 0.6 is 24.0 Å². The van der Waals surface area contributed by atoms with Crippen molar-refractivity contribution in [3.63, 3.8) is 0 Å². The van der Waals surface area contributed by atoms with Gasteiger partial charge >= 0.3 is 0 Å². The van der Waals surface area contributed by atoms with Gasteiger partial charge in [-0.25, -0.2) is 4.99 Å². The van der Waals surface area contributed by atoms with Crippen LogP contribution in [-0.2, 0) is 11.3 Å². The first kappa shape index (κ1) is 23.3. The quantitative estimate of drug-likeness (QED) is 0.262. The van der Waals surface area contributed by atoms with Gasteiger partial charge in [0.2, 0.25) is 5.91 Å². The fraction of sp³-hybridized carbons (Fsp3) is 0.500. The Kier molecular flexibility index (Phi) is 10.2. The maximum absolute atomic E-state index is 11.8. The Morgan fingerprint density at radius 3 is 2.70 bits per heavy atom. The van der Waals surface area contributed by atoms with E-state index in [0.29, 0.717) is 12.0 Å². The van der Waals surface area contributed by atoms with Crippen LogP contribution in [0, 0.1) is 0 Å². The Balaban J connectivity index is 0.00000364. The molecular formula is C20H32IN5O. The van der Waals surface area contributed by atoms with Crippen molar-refractivity contribution in [3.8, 4) is 0 Å². The smallest absolute Gasteiger partial charge is 0.243 e. The molecule has 0 spiro atoms. The summed E-state index contributed by atoms with van der Waals surface area (Å²) in [6.07, 6.45) is 4.10. The van der Waals surface area contributed by atoms with Crippen LogP contribution in [0.5, 0.6) is 0 Å². The summed E-state index contributed by atoms with van der Waals surface area (Å²) in [7, 11) is 3.49. The maximum Gasteiger partial charge on any atom is 0.243 e. The number of nitrogens with one attached hydrogen (secondary N) is 2. The zero-order valence-corrected chi connectivity index (χ0v) is 19.1. The summed E-state index contributed by atoms with van der Waals surface area (Å²) in [6, 6.07) is 10.9. The lowest BCUT2D eigenvalue weighted by molar-refractivity contribution is -0.127. The molecule has 0 radical (unpaired) electrons. The second kappa shape index (κ2) is 11.8.